The molecule has 0 N–H and O–H groups in total. The van der Waals surface area contributed by atoms with Crippen LogP contribution >= 0.6 is 11.6 Å². The molecule has 1 heterocycles. The van der Waals surface area contributed by atoms with E-state index in [0.29, 0.717) is 19.0 Å². The van der Waals surface area contributed by atoms with Crippen LogP contribution in [0.25, 0.3) is 0 Å². The van der Waals surface area contributed by atoms with Crippen molar-refractivity contribution in [2.45, 2.75) is 0 Å². The molecule has 0 amide bonds. The van der Waals surface area contributed by atoms with Crippen molar-refractivity contribution in [2.75, 3.05) is 33.1 Å². The number of nitrogens with zero attached hydrogens (tertiary/aromatic N) is 1. The molecule has 0 aromatic heterocycles. The van der Waals surface area contributed by atoms with Crippen molar-refractivity contribution >= 4 is 17.6 Å². The van der Waals surface area contributed by atoms with Crippen LogP contribution in [0.15, 0.2) is 0 Å². The maximum atomic E-state index is 11.2. The van der Waals surface area contributed by atoms with Crippen LogP contribution in [0.5, 0.6) is 0 Å². The fourth-order valence-corrected chi connectivity index (χ4v) is 1.75. The molecule has 1 aliphatic rings. The predicted octanol–water partition coefficient (Wildman–Crippen LogP) is 0.330. The minimum absolute atomic E-state index is 0.189. The fraction of sp³-hybridized carbons (Fsp3) is 0.857. The summed E-state index contributed by atoms with van der Waals surface area (Å²) in [4.78, 5) is 13.2. The maximum absolute atomic E-state index is 11.2. The highest BCUT2D eigenvalue weighted by molar-refractivity contribution is 6.20. The number of halogens is 1. The standard InChI is InChI=1S/C7H12ClNO2/c1-9-4-7(3-8,5-9)6(10)11-2/h3-5H2,1-2H3. The second-order valence-electron chi connectivity index (χ2n) is 3.08. The normalized spacial score (nSPS) is 22.5. The predicted molar refractivity (Wildman–Crippen MR) is 42.7 cm³/mol. The molecule has 0 aromatic carbocycles. The lowest BCUT2D eigenvalue weighted by Crippen LogP contribution is -2.60. The third-order valence-corrected chi connectivity index (χ3v) is 2.53. The zero-order chi connectivity index (χ0) is 8.48. The number of hydrogen-bond donors (Lipinski definition) is 0. The Labute approximate surface area is 71.3 Å². The first-order valence-corrected chi connectivity index (χ1v) is 4.01. The second-order valence-corrected chi connectivity index (χ2v) is 3.35. The summed E-state index contributed by atoms with van der Waals surface area (Å²) in [6.07, 6.45) is 0. The monoisotopic (exact) mass is 177 g/mol. The van der Waals surface area contributed by atoms with Gasteiger partial charge < -0.3 is 9.64 Å². The number of methoxy groups -OCH3 is 1. The van der Waals surface area contributed by atoms with E-state index in [9.17, 15) is 4.79 Å². The summed E-state index contributed by atoms with van der Waals surface area (Å²) in [5, 5.41) is 0. The molecule has 1 saturated heterocycles. The second kappa shape index (κ2) is 2.99. The lowest BCUT2D eigenvalue weighted by atomic mass is 9.82. The number of rotatable bonds is 2. The van der Waals surface area contributed by atoms with E-state index in [-0.39, 0.29) is 5.97 Å². The van der Waals surface area contributed by atoms with Crippen molar-refractivity contribution in [2.24, 2.45) is 5.41 Å². The molecule has 0 spiro atoms. The van der Waals surface area contributed by atoms with Crippen LogP contribution in [-0.4, -0.2) is 44.0 Å². The van der Waals surface area contributed by atoms with Gasteiger partial charge in [-0.2, -0.15) is 0 Å². The van der Waals surface area contributed by atoms with E-state index in [4.69, 9.17) is 11.6 Å². The third-order valence-electron chi connectivity index (χ3n) is 2.02. The quantitative estimate of drug-likeness (QED) is 0.450. The molecule has 0 atom stereocenters. The minimum atomic E-state index is -0.426. The lowest BCUT2D eigenvalue weighted by Gasteiger charge is -2.44. The molecule has 0 unspecified atom stereocenters. The summed E-state index contributed by atoms with van der Waals surface area (Å²) < 4.78 is 4.65. The Balaban J connectivity index is 2.57. The molecule has 0 aromatic rings. The van der Waals surface area contributed by atoms with Gasteiger partial charge in [-0.1, -0.05) is 0 Å². The van der Waals surface area contributed by atoms with Gasteiger partial charge >= 0.3 is 5.97 Å². The van der Waals surface area contributed by atoms with Crippen LogP contribution in [0.3, 0.4) is 0 Å². The molecule has 4 heteroatoms. The van der Waals surface area contributed by atoms with Crippen molar-refractivity contribution < 1.29 is 9.53 Å². The van der Waals surface area contributed by atoms with Gasteiger partial charge in [-0.3, -0.25) is 4.79 Å². The Bertz CT molecular complexity index is 166. The van der Waals surface area contributed by atoms with E-state index < -0.39 is 5.41 Å². The maximum Gasteiger partial charge on any atom is 0.315 e. The first kappa shape index (κ1) is 8.81. The van der Waals surface area contributed by atoms with Gasteiger partial charge in [0.25, 0.3) is 0 Å². The number of likely N-dealkylation sites (tertiary alicyclic amines) is 1. The number of alkyl halides is 1. The molecule has 0 aliphatic carbocycles. The highest BCUT2D eigenvalue weighted by atomic mass is 35.5. The van der Waals surface area contributed by atoms with Crippen molar-refractivity contribution in [3.05, 3.63) is 0 Å². The van der Waals surface area contributed by atoms with E-state index in [1.165, 1.54) is 7.11 Å². The van der Waals surface area contributed by atoms with E-state index in [1.807, 2.05) is 11.9 Å². The molecule has 1 aliphatic heterocycles. The smallest absolute Gasteiger partial charge is 0.315 e. The van der Waals surface area contributed by atoms with Crippen molar-refractivity contribution in [1.82, 2.24) is 4.90 Å². The molecule has 0 saturated carbocycles. The summed E-state index contributed by atoms with van der Waals surface area (Å²) in [5.41, 5.74) is -0.426. The largest absolute Gasteiger partial charge is 0.468 e. The number of esters is 1. The van der Waals surface area contributed by atoms with Gasteiger partial charge in [0.05, 0.1) is 7.11 Å². The Morgan fingerprint density at radius 1 is 1.73 bits per heavy atom. The lowest BCUT2D eigenvalue weighted by molar-refractivity contribution is -0.160. The van der Waals surface area contributed by atoms with E-state index >= 15 is 0 Å². The molecule has 1 rings (SSSR count). The van der Waals surface area contributed by atoms with Crippen LogP contribution in [0, 0.1) is 5.41 Å². The SMILES string of the molecule is COC(=O)C1(CCl)CN(C)C1. The van der Waals surface area contributed by atoms with E-state index in [1.54, 1.807) is 0 Å². The molecule has 0 bridgehead atoms. The van der Waals surface area contributed by atoms with Gasteiger partial charge in [0, 0.05) is 19.0 Å². The summed E-state index contributed by atoms with van der Waals surface area (Å²) in [7, 11) is 3.35. The highest BCUT2D eigenvalue weighted by Crippen LogP contribution is 2.31. The van der Waals surface area contributed by atoms with Gasteiger partial charge in [0.1, 0.15) is 5.41 Å². The summed E-state index contributed by atoms with van der Waals surface area (Å²) >= 11 is 5.67. The molecule has 3 nitrogen and oxygen atoms in total. The molecule has 0 radical (unpaired) electrons. The third kappa shape index (κ3) is 1.35. The van der Waals surface area contributed by atoms with Crippen LogP contribution in [0.1, 0.15) is 0 Å². The summed E-state index contributed by atoms with van der Waals surface area (Å²) in [6.45, 7) is 1.42. The molecule has 64 valence electrons. The highest BCUT2D eigenvalue weighted by Gasteiger charge is 2.48. The first-order valence-electron chi connectivity index (χ1n) is 3.47. The number of carbonyl (C=O) groups is 1. The Morgan fingerprint density at radius 3 is 2.55 bits per heavy atom. The Kier molecular flexibility index (Phi) is 2.40. The van der Waals surface area contributed by atoms with Crippen molar-refractivity contribution in [3.8, 4) is 0 Å². The zero-order valence-electron chi connectivity index (χ0n) is 6.76. The average molecular weight is 178 g/mol. The van der Waals surface area contributed by atoms with Gasteiger partial charge in [0.15, 0.2) is 0 Å². The Hall–Kier alpha value is -0.280. The summed E-state index contributed by atoms with van der Waals surface area (Å²) in [5.74, 6) is 0.162. The first-order chi connectivity index (χ1) is 5.14. The van der Waals surface area contributed by atoms with Crippen LogP contribution in [0.2, 0.25) is 0 Å². The van der Waals surface area contributed by atoms with Gasteiger partial charge in [-0.15, -0.1) is 11.6 Å². The van der Waals surface area contributed by atoms with E-state index in [0.717, 1.165) is 0 Å². The topological polar surface area (TPSA) is 29.5 Å². The van der Waals surface area contributed by atoms with Crippen molar-refractivity contribution in [3.63, 3.8) is 0 Å². The zero-order valence-corrected chi connectivity index (χ0v) is 7.52. The van der Waals surface area contributed by atoms with Gasteiger partial charge in [0.2, 0.25) is 0 Å². The number of hydrogen-bond acceptors (Lipinski definition) is 3. The molecular formula is C7H12ClNO2. The minimum Gasteiger partial charge on any atom is -0.468 e. The molecule has 11 heavy (non-hydrogen) atoms. The number of carbonyl (C=O) groups excluding carboxylic acids is 1. The number of ether oxygens (including phenoxy) is 1. The van der Waals surface area contributed by atoms with E-state index in [2.05, 4.69) is 4.74 Å². The van der Waals surface area contributed by atoms with Gasteiger partial charge in [-0.25, -0.2) is 0 Å². The average Bonchev–Trinajstić information content (AvgIpc) is 1.96. The van der Waals surface area contributed by atoms with Crippen LogP contribution < -0.4 is 0 Å². The molecule has 1 fully saturated rings. The Morgan fingerprint density at radius 2 is 2.27 bits per heavy atom. The summed E-state index contributed by atoms with van der Waals surface area (Å²) in [6, 6.07) is 0. The van der Waals surface area contributed by atoms with Crippen LogP contribution in [-0.2, 0) is 9.53 Å². The van der Waals surface area contributed by atoms with Crippen LogP contribution in [0.4, 0.5) is 0 Å². The molecular weight excluding hydrogens is 166 g/mol. The fourth-order valence-electron chi connectivity index (χ4n) is 1.47. The van der Waals surface area contributed by atoms with Crippen molar-refractivity contribution in [1.29, 1.82) is 0 Å². The van der Waals surface area contributed by atoms with Gasteiger partial charge in [-0.05, 0) is 7.05 Å².